The zero-order chi connectivity index (χ0) is 17.5. The molecule has 0 unspecified atom stereocenters. The molecule has 2 aromatic rings. The molecule has 1 atom stereocenters. The molecule has 3 rings (SSSR count). The van der Waals surface area contributed by atoms with E-state index in [9.17, 15) is 4.79 Å². The minimum absolute atomic E-state index is 0.139. The highest BCUT2D eigenvalue weighted by molar-refractivity contribution is 5.76. The van der Waals surface area contributed by atoms with E-state index >= 15 is 0 Å². The van der Waals surface area contributed by atoms with Crippen LogP contribution in [0.25, 0.3) is 0 Å². The lowest BCUT2D eigenvalue weighted by molar-refractivity contribution is -0.121. The number of amides is 1. The number of methoxy groups -OCH3 is 1. The van der Waals surface area contributed by atoms with Crippen LogP contribution < -0.4 is 15.0 Å². The number of anilines is 1. The number of carbonyl (C=O) groups excluding carboxylic acids is 1. The lowest BCUT2D eigenvalue weighted by atomic mass is 10.1. The first kappa shape index (κ1) is 17.3. The fourth-order valence-corrected chi connectivity index (χ4v) is 3.36. The van der Waals surface area contributed by atoms with Crippen molar-refractivity contribution in [2.75, 3.05) is 31.6 Å². The van der Waals surface area contributed by atoms with E-state index in [0.29, 0.717) is 12.3 Å². The monoisotopic (exact) mass is 338 g/mol. The summed E-state index contributed by atoms with van der Waals surface area (Å²) in [6.07, 6.45) is 2.44. The Kier molecular flexibility index (Phi) is 5.94. The van der Waals surface area contributed by atoms with Crippen LogP contribution in [0.2, 0.25) is 0 Å². The lowest BCUT2D eigenvalue weighted by Gasteiger charge is -2.21. The number of nitrogens with zero attached hydrogens (tertiary/aromatic N) is 1. The van der Waals surface area contributed by atoms with Crippen LogP contribution in [0.3, 0.4) is 0 Å². The van der Waals surface area contributed by atoms with Gasteiger partial charge in [0.25, 0.3) is 0 Å². The Morgan fingerprint density at radius 1 is 1.16 bits per heavy atom. The number of benzene rings is 2. The van der Waals surface area contributed by atoms with Crippen molar-refractivity contribution < 1.29 is 9.53 Å². The zero-order valence-corrected chi connectivity index (χ0v) is 14.8. The Morgan fingerprint density at radius 3 is 2.72 bits per heavy atom. The van der Waals surface area contributed by atoms with Gasteiger partial charge < -0.3 is 15.0 Å². The van der Waals surface area contributed by atoms with E-state index in [1.165, 1.54) is 5.56 Å². The predicted molar refractivity (Wildman–Crippen MR) is 101 cm³/mol. The van der Waals surface area contributed by atoms with Crippen LogP contribution in [-0.2, 0) is 11.2 Å². The molecule has 1 amide bonds. The third-order valence-electron chi connectivity index (χ3n) is 4.78. The molecular weight excluding hydrogens is 312 g/mol. The van der Waals surface area contributed by atoms with Crippen LogP contribution in [0.5, 0.6) is 5.75 Å². The smallest absolute Gasteiger partial charge is 0.220 e. The van der Waals surface area contributed by atoms with Crippen molar-refractivity contribution in [3.05, 3.63) is 60.2 Å². The van der Waals surface area contributed by atoms with Crippen molar-refractivity contribution in [2.24, 2.45) is 5.92 Å². The molecule has 4 nitrogen and oxygen atoms in total. The summed E-state index contributed by atoms with van der Waals surface area (Å²) in [5, 5.41) is 3.10. The molecule has 0 bridgehead atoms. The number of aryl methyl sites for hydroxylation is 1. The average Bonchev–Trinajstić information content (AvgIpc) is 3.14. The van der Waals surface area contributed by atoms with Gasteiger partial charge in [0.05, 0.1) is 12.8 Å². The van der Waals surface area contributed by atoms with E-state index in [-0.39, 0.29) is 5.91 Å². The van der Waals surface area contributed by atoms with Gasteiger partial charge in [-0.1, -0.05) is 42.5 Å². The molecule has 4 heteroatoms. The second kappa shape index (κ2) is 8.56. The summed E-state index contributed by atoms with van der Waals surface area (Å²) in [6.45, 7) is 2.71. The van der Waals surface area contributed by atoms with Crippen LogP contribution in [0, 0.1) is 5.92 Å². The van der Waals surface area contributed by atoms with Gasteiger partial charge in [0.15, 0.2) is 0 Å². The molecular formula is C21H26N2O2. The van der Waals surface area contributed by atoms with Gasteiger partial charge in [-0.25, -0.2) is 0 Å². The molecule has 1 heterocycles. The first-order chi connectivity index (χ1) is 12.3. The Balaban J connectivity index is 1.43. The SMILES string of the molecule is COc1ccccc1N1CC[C@@H](CNC(=O)CCc2ccccc2)C1. The molecule has 2 aromatic carbocycles. The molecule has 1 saturated heterocycles. The van der Waals surface area contributed by atoms with E-state index in [0.717, 1.165) is 43.9 Å². The van der Waals surface area contributed by atoms with E-state index in [1.807, 2.05) is 36.4 Å². The van der Waals surface area contributed by atoms with Crippen molar-refractivity contribution in [1.82, 2.24) is 5.32 Å². The molecule has 1 aliphatic rings. The summed E-state index contributed by atoms with van der Waals surface area (Å²) in [7, 11) is 1.71. The van der Waals surface area contributed by atoms with Gasteiger partial charge in [-0.05, 0) is 36.5 Å². The number of nitrogens with one attached hydrogen (secondary N) is 1. The van der Waals surface area contributed by atoms with E-state index < -0.39 is 0 Å². The minimum atomic E-state index is 0.139. The average molecular weight is 338 g/mol. The van der Waals surface area contributed by atoms with Gasteiger partial charge in [0, 0.05) is 26.1 Å². The number of hydrogen-bond donors (Lipinski definition) is 1. The number of ether oxygens (including phenoxy) is 1. The van der Waals surface area contributed by atoms with E-state index in [4.69, 9.17) is 4.74 Å². The maximum Gasteiger partial charge on any atom is 0.220 e. The zero-order valence-electron chi connectivity index (χ0n) is 14.8. The molecule has 0 aliphatic carbocycles. The molecule has 0 radical (unpaired) electrons. The molecule has 1 aliphatic heterocycles. The fraction of sp³-hybridized carbons (Fsp3) is 0.381. The van der Waals surface area contributed by atoms with Crippen molar-refractivity contribution in [1.29, 1.82) is 0 Å². The first-order valence-electron chi connectivity index (χ1n) is 8.95. The fourth-order valence-electron chi connectivity index (χ4n) is 3.36. The third kappa shape index (κ3) is 4.75. The minimum Gasteiger partial charge on any atom is -0.495 e. The molecule has 25 heavy (non-hydrogen) atoms. The van der Waals surface area contributed by atoms with E-state index in [2.05, 4.69) is 28.4 Å². The number of hydrogen-bond acceptors (Lipinski definition) is 3. The second-order valence-electron chi connectivity index (χ2n) is 6.56. The van der Waals surface area contributed by atoms with Crippen LogP contribution in [0.4, 0.5) is 5.69 Å². The Bertz CT molecular complexity index is 687. The highest BCUT2D eigenvalue weighted by Gasteiger charge is 2.24. The normalized spacial score (nSPS) is 16.7. The third-order valence-corrected chi connectivity index (χ3v) is 4.78. The molecule has 132 valence electrons. The molecule has 0 saturated carbocycles. The van der Waals surface area contributed by atoms with Gasteiger partial charge in [-0.15, -0.1) is 0 Å². The van der Waals surface area contributed by atoms with Crippen LogP contribution in [0.1, 0.15) is 18.4 Å². The van der Waals surface area contributed by atoms with Crippen LogP contribution in [-0.4, -0.2) is 32.7 Å². The molecule has 0 spiro atoms. The number of para-hydroxylation sites is 2. The highest BCUT2D eigenvalue weighted by Crippen LogP contribution is 2.31. The summed E-state index contributed by atoms with van der Waals surface area (Å²) in [4.78, 5) is 14.4. The van der Waals surface area contributed by atoms with Crippen molar-refractivity contribution in [3.63, 3.8) is 0 Å². The van der Waals surface area contributed by atoms with Gasteiger partial charge in [-0.3, -0.25) is 4.79 Å². The predicted octanol–water partition coefficient (Wildman–Crippen LogP) is 3.27. The molecule has 1 fully saturated rings. The van der Waals surface area contributed by atoms with E-state index in [1.54, 1.807) is 7.11 Å². The summed E-state index contributed by atoms with van der Waals surface area (Å²) in [6, 6.07) is 18.3. The molecule has 1 N–H and O–H groups in total. The van der Waals surface area contributed by atoms with Crippen LogP contribution in [0.15, 0.2) is 54.6 Å². The van der Waals surface area contributed by atoms with Gasteiger partial charge in [-0.2, -0.15) is 0 Å². The maximum absolute atomic E-state index is 12.1. The van der Waals surface area contributed by atoms with Gasteiger partial charge in [0.1, 0.15) is 5.75 Å². The van der Waals surface area contributed by atoms with Crippen LogP contribution >= 0.6 is 0 Å². The van der Waals surface area contributed by atoms with Gasteiger partial charge >= 0.3 is 0 Å². The Labute approximate surface area is 149 Å². The molecule has 0 aromatic heterocycles. The summed E-state index contributed by atoms with van der Waals surface area (Å²) in [5.41, 5.74) is 2.35. The number of carbonyl (C=O) groups is 1. The topological polar surface area (TPSA) is 41.6 Å². The highest BCUT2D eigenvalue weighted by atomic mass is 16.5. The van der Waals surface area contributed by atoms with Crippen molar-refractivity contribution >= 4 is 11.6 Å². The summed E-state index contributed by atoms with van der Waals surface area (Å²) < 4.78 is 5.45. The maximum atomic E-state index is 12.1. The summed E-state index contributed by atoms with van der Waals surface area (Å²) >= 11 is 0. The number of rotatable bonds is 7. The standard InChI is InChI=1S/C21H26N2O2/c1-25-20-10-6-5-9-19(20)23-14-13-18(16-23)15-22-21(24)12-11-17-7-3-2-4-8-17/h2-10,18H,11-16H2,1H3,(H,22,24)/t18-/m0/s1. The summed E-state index contributed by atoms with van der Waals surface area (Å²) in [5.74, 6) is 1.54. The Morgan fingerprint density at radius 2 is 1.92 bits per heavy atom. The Hall–Kier alpha value is -2.49. The quantitative estimate of drug-likeness (QED) is 0.842. The van der Waals surface area contributed by atoms with Crippen molar-refractivity contribution in [3.8, 4) is 5.75 Å². The lowest BCUT2D eigenvalue weighted by Crippen LogP contribution is -2.31. The van der Waals surface area contributed by atoms with Gasteiger partial charge in [0.2, 0.25) is 5.91 Å². The second-order valence-corrected chi connectivity index (χ2v) is 6.56. The first-order valence-corrected chi connectivity index (χ1v) is 8.95. The largest absolute Gasteiger partial charge is 0.495 e. The van der Waals surface area contributed by atoms with Crippen molar-refractivity contribution in [2.45, 2.75) is 19.3 Å².